The molecule has 43 heavy (non-hydrogen) atoms. The summed E-state index contributed by atoms with van der Waals surface area (Å²) >= 11 is 32.2. The molecule has 0 heterocycles. The second-order valence-electron chi connectivity index (χ2n) is 9.28. The molecule has 0 amide bonds. The molecule has 0 radical (unpaired) electrons. The zero-order valence-electron chi connectivity index (χ0n) is 23.6. The van der Waals surface area contributed by atoms with Crippen molar-refractivity contribution >= 4 is 103 Å². The van der Waals surface area contributed by atoms with Crippen LogP contribution in [0.5, 0.6) is 0 Å². The van der Waals surface area contributed by atoms with Crippen LogP contribution >= 0.6 is 73.3 Å². The molecule has 0 unspecified atom stereocenters. The molecular formula is C29H36F2N6S6. The summed E-state index contributed by atoms with van der Waals surface area (Å²) in [6, 6.07) is 12.1. The van der Waals surface area contributed by atoms with Crippen LogP contribution in [-0.4, -0.2) is 69.2 Å². The average Bonchev–Trinajstić information content (AvgIpc) is 2.97. The second-order valence-corrected chi connectivity index (χ2v) is 12.1. The van der Waals surface area contributed by atoms with Gasteiger partial charge in [0.15, 0.2) is 0 Å². The Hall–Kier alpha value is -2.36. The minimum Gasteiger partial charge on any atom is -0.380 e. The van der Waals surface area contributed by atoms with Crippen LogP contribution in [0.25, 0.3) is 0 Å². The van der Waals surface area contributed by atoms with E-state index in [2.05, 4.69) is 31.9 Å². The van der Waals surface area contributed by atoms with E-state index in [-0.39, 0.29) is 11.6 Å². The van der Waals surface area contributed by atoms with Gasteiger partial charge in [0, 0.05) is 76.1 Å². The monoisotopic (exact) mass is 698 g/mol. The molecule has 0 fully saturated rings. The molecule has 2 aromatic rings. The lowest BCUT2D eigenvalue weighted by atomic mass is 10.2. The normalized spacial score (nSPS) is 10.3. The van der Waals surface area contributed by atoms with Crippen molar-refractivity contribution in [1.29, 1.82) is 0 Å². The van der Waals surface area contributed by atoms with Crippen LogP contribution in [0.3, 0.4) is 0 Å². The van der Waals surface area contributed by atoms with Crippen LogP contribution in [0.2, 0.25) is 0 Å². The standard InChI is InChI=1S/C29H36F2N6S6/c30-22-6-2-20(3-7-22)28(42)36-18-12-26(40)34-16-10-24(38)32-14-1-15-33-25(39)11-17-35-27(41)13-19-37-29(43)21-4-8-23(31)9-5-21/h2-9H,1,10-19H2,(H,32,38)(H,33,39)(H,34,40)(H,35,41)(H,36,42)(H,37,43). The summed E-state index contributed by atoms with van der Waals surface area (Å²) < 4.78 is 26.1. The van der Waals surface area contributed by atoms with Gasteiger partial charge in [0.1, 0.15) is 21.6 Å². The van der Waals surface area contributed by atoms with Crippen molar-refractivity contribution in [2.24, 2.45) is 0 Å². The van der Waals surface area contributed by atoms with E-state index in [1.807, 2.05) is 0 Å². The Morgan fingerprint density at radius 3 is 1.02 bits per heavy atom. The highest BCUT2D eigenvalue weighted by atomic mass is 32.1. The number of rotatable bonds is 18. The first-order valence-corrected chi connectivity index (χ1v) is 16.2. The summed E-state index contributed by atoms with van der Waals surface area (Å²) in [4.78, 5) is 4.14. The van der Waals surface area contributed by atoms with Crippen LogP contribution < -0.4 is 31.9 Å². The Labute approximate surface area is 284 Å². The van der Waals surface area contributed by atoms with Crippen LogP contribution in [-0.2, 0) is 0 Å². The second kappa shape index (κ2) is 21.4. The molecule has 2 aromatic carbocycles. The molecule has 2 rings (SSSR count). The number of benzene rings is 2. The predicted molar refractivity (Wildman–Crippen MR) is 198 cm³/mol. The van der Waals surface area contributed by atoms with Crippen LogP contribution in [0, 0.1) is 11.6 Å². The summed E-state index contributed by atoms with van der Waals surface area (Å²) in [5, 5.41) is 19.2. The summed E-state index contributed by atoms with van der Waals surface area (Å²) in [6.07, 6.45) is 3.50. The third-order valence-electron chi connectivity index (χ3n) is 5.83. The van der Waals surface area contributed by atoms with Crippen molar-refractivity contribution in [3.05, 3.63) is 71.3 Å². The van der Waals surface area contributed by atoms with Gasteiger partial charge in [-0.25, -0.2) is 8.78 Å². The molecule has 0 aliphatic carbocycles. The molecule has 0 bridgehead atoms. The number of nitrogens with one attached hydrogen (secondary N) is 6. The fourth-order valence-corrected chi connectivity index (χ4v) is 4.81. The number of hydrogen-bond donors (Lipinski definition) is 6. The smallest absolute Gasteiger partial charge is 0.123 e. The van der Waals surface area contributed by atoms with E-state index in [4.69, 9.17) is 73.3 Å². The summed E-state index contributed by atoms with van der Waals surface area (Å²) in [5.74, 6) is -0.583. The topological polar surface area (TPSA) is 72.2 Å². The van der Waals surface area contributed by atoms with Gasteiger partial charge in [-0.15, -0.1) is 0 Å². The molecular weight excluding hydrogens is 663 g/mol. The third kappa shape index (κ3) is 16.9. The van der Waals surface area contributed by atoms with Crippen LogP contribution in [0.15, 0.2) is 48.5 Å². The lowest BCUT2D eigenvalue weighted by Gasteiger charge is -2.13. The van der Waals surface area contributed by atoms with E-state index in [9.17, 15) is 8.78 Å². The first-order chi connectivity index (χ1) is 20.6. The van der Waals surface area contributed by atoms with Crippen molar-refractivity contribution in [2.45, 2.75) is 32.1 Å². The third-order valence-corrected chi connectivity index (χ3v) is 7.99. The fourth-order valence-electron chi connectivity index (χ4n) is 3.51. The van der Waals surface area contributed by atoms with Crippen molar-refractivity contribution in [3.63, 3.8) is 0 Å². The molecule has 0 spiro atoms. The van der Waals surface area contributed by atoms with E-state index >= 15 is 0 Å². The van der Waals surface area contributed by atoms with Crippen molar-refractivity contribution in [2.75, 3.05) is 39.3 Å². The zero-order valence-corrected chi connectivity index (χ0v) is 28.5. The molecule has 6 nitrogen and oxygen atoms in total. The molecule has 0 aliphatic rings. The van der Waals surface area contributed by atoms with E-state index in [0.29, 0.717) is 61.8 Å². The Morgan fingerprint density at radius 1 is 0.419 bits per heavy atom. The lowest BCUT2D eigenvalue weighted by Crippen LogP contribution is -2.33. The first-order valence-electron chi connectivity index (χ1n) is 13.8. The van der Waals surface area contributed by atoms with E-state index in [1.54, 1.807) is 24.3 Å². The van der Waals surface area contributed by atoms with Gasteiger partial charge in [0.05, 0.1) is 20.0 Å². The van der Waals surface area contributed by atoms with Gasteiger partial charge in [-0.2, -0.15) is 0 Å². The van der Waals surface area contributed by atoms with Crippen LogP contribution in [0.1, 0.15) is 43.2 Å². The highest BCUT2D eigenvalue weighted by Crippen LogP contribution is 2.04. The fraction of sp³-hybridized carbons (Fsp3) is 0.379. The SMILES string of the molecule is Fc1ccc(C(=S)NCCC(=S)NCCC(=S)NCCCNC(=S)CCNC(=S)CCNC(=S)c2ccc(F)cc2)cc1. The van der Waals surface area contributed by atoms with E-state index < -0.39 is 0 Å². The molecule has 6 N–H and O–H groups in total. The number of halogens is 2. The highest BCUT2D eigenvalue weighted by Gasteiger charge is 2.05. The first kappa shape index (κ1) is 36.8. The van der Waals surface area contributed by atoms with Gasteiger partial charge >= 0.3 is 0 Å². The van der Waals surface area contributed by atoms with Crippen molar-refractivity contribution < 1.29 is 8.78 Å². The maximum absolute atomic E-state index is 13.0. The minimum absolute atomic E-state index is 0.291. The maximum atomic E-state index is 13.0. The molecule has 0 saturated carbocycles. The molecule has 0 atom stereocenters. The molecule has 0 aliphatic heterocycles. The molecule has 0 aromatic heterocycles. The van der Waals surface area contributed by atoms with Gasteiger partial charge in [0.2, 0.25) is 0 Å². The Kier molecular flexibility index (Phi) is 18.3. The molecule has 232 valence electrons. The number of thiocarbonyl (C=S) groups is 6. The van der Waals surface area contributed by atoms with Crippen molar-refractivity contribution in [3.8, 4) is 0 Å². The largest absolute Gasteiger partial charge is 0.380 e. The van der Waals surface area contributed by atoms with Gasteiger partial charge < -0.3 is 31.9 Å². The van der Waals surface area contributed by atoms with Gasteiger partial charge in [-0.1, -0.05) is 73.3 Å². The highest BCUT2D eigenvalue weighted by molar-refractivity contribution is 7.81. The van der Waals surface area contributed by atoms with Crippen LogP contribution in [0.4, 0.5) is 8.78 Å². The van der Waals surface area contributed by atoms with Gasteiger partial charge in [-0.05, 0) is 55.0 Å². The molecule has 14 heteroatoms. The van der Waals surface area contributed by atoms with Gasteiger partial charge in [-0.3, -0.25) is 0 Å². The number of hydrogen-bond acceptors (Lipinski definition) is 6. The minimum atomic E-state index is -0.291. The summed E-state index contributed by atoms with van der Waals surface area (Å²) in [6.45, 7) is 3.99. The lowest BCUT2D eigenvalue weighted by molar-refractivity contribution is 0.627. The molecule has 0 saturated heterocycles. The Balaban J connectivity index is 1.41. The average molecular weight is 699 g/mol. The zero-order chi connectivity index (χ0) is 31.5. The predicted octanol–water partition coefficient (Wildman–Crippen LogP) is 4.81. The summed E-state index contributed by atoms with van der Waals surface area (Å²) in [5.41, 5.74) is 1.54. The van der Waals surface area contributed by atoms with E-state index in [1.165, 1.54) is 24.3 Å². The Morgan fingerprint density at radius 2 is 0.698 bits per heavy atom. The Bertz CT molecular complexity index is 1150. The summed E-state index contributed by atoms with van der Waals surface area (Å²) in [7, 11) is 0. The van der Waals surface area contributed by atoms with E-state index in [0.717, 1.165) is 50.6 Å². The maximum Gasteiger partial charge on any atom is 0.123 e. The van der Waals surface area contributed by atoms with Gasteiger partial charge in [0.25, 0.3) is 0 Å². The quantitative estimate of drug-likeness (QED) is 0.0957. The van der Waals surface area contributed by atoms with Crippen molar-refractivity contribution in [1.82, 2.24) is 31.9 Å².